The van der Waals surface area contributed by atoms with Gasteiger partial charge in [-0.05, 0) is 26.3 Å². The van der Waals surface area contributed by atoms with Crippen LogP contribution < -0.4 is 0 Å². The average Bonchev–Trinajstić information content (AvgIpc) is 2.96. The summed E-state index contributed by atoms with van der Waals surface area (Å²) in [6.45, 7) is 5.28. The van der Waals surface area contributed by atoms with Crippen LogP contribution in [-0.2, 0) is 4.74 Å². The van der Waals surface area contributed by atoms with Gasteiger partial charge in [-0.1, -0.05) is 36.3 Å². The van der Waals surface area contributed by atoms with Crippen molar-refractivity contribution in [1.82, 2.24) is 9.55 Å². The van der Waals surface area contributed by atoms with Crippen LogP contribution in [0, 0.1) is 12.3 Å². The molecule has 0 amide bonds. The lowest BCUT2D eigenvalue weighted by Gasteiger charge is -2.21. The maximum atomic E-state index is 12.3. The van der Waals surface area contributed by atoms with Gasteiger partial charge in [-0.25, -0.2) is 9.78 Å². The summed E-state index contributed by atoms with van der Waals surface area (Å²) in [6, 6.07) is 9.80. The largest absolute Gasteiger partial charge is 0.442 e. The molecule has 0 aliphatic carbocycles. The van der Waals surface area contributed by atoms with E-state index in [9.17, 15) is 4.79 Å². The van der Waals surface area contributed by atoms with E-state index in [1.165, 1.54) is 6.20 Å². The number of rotatable bonds is 4. The SMILES string of the molecule is [2H]C#CC(C)(C)OC(=O)c1cncn1[C@H](C)c1ccccc1. The third-order valence-electron chi connectivity index (χ3n) is 3.22. The number of carbonyl (C=O) groups is 1. The summed E-state index contributed by atoms with van der Waals surface area (Å²) >= 11 is 0. The van der Waals surface area contributed by atoms with Gasteiger partial charge >= 0.3 is 5.97 Å². The molecule has 0 N–H and O–H groups in total. The predicted molar refractivity (Wildman–Crippen MR) is 80.8 cm³/mol. The summed E-state index contributed by atoms with van der Waals surface area (Å²) in [7, 11) is 0. The molecule has 0 fully saturated rings. The molecule has 0 unspecified atom stereocenters. The van der Waals surface area contributed by atoms with Crippen molar-refractivity contribution in [3.05, 3.63) is 54.1 Å². The van der Waals surface area contributed by atoms with Crippen LogP contribution in [0.2, 0.25) is 0 Å². The number of carbonyl (C=O) groups excluding carboxylic acids is 1. The summed E-state index contributed by atoms with van der Waals surface area (Å²) in [5, 5.41) is 0. The molecule has 0 aliphatic heterocycles. The number of benzene rings is 1. The monoisotopic (exact) mass is 283 g/mol. The Bertz CT molecular complexity index is 711. The van der Waals surface area contributed by atoms with Crippen LogP contribution in [0.15, 0.2) is 42.9 Å². The second-order valence-electron chi connectivity index (χ2n) is 5.30. The first kappa shape index (κ1) is 13.4. The zero-order valence-electron chi connectivity index (χ0n) is 13.3. The van der Waals surface area contributed by atoms with Crippen molar-refractivity contribution < 1.29 is 10.9 Å². The van der Waals surface area contributed by atoms with Crippen LogP contribution in [0.3, 0.4) is 0 Å². The van der Waals surface area contributed by atoms with Gasteiger partial charge in [0.1, 0.15) is 7.06 Å². The Labute approximate surface area is 126 Å². The lowest BCUT2D eigenvalue weighted by atomic mass is 10.1. The van der Waals surface area contributed by atoms with Crippen molar-refractivity contribution in [1.29, 1.82) is 0 Å². The Balaban J connectivity index is 2.26. The summed E-state index contributed by atoms with van der Waals surface area (Å²) in [5.74, 6) is 2.03. The molecule has 2 rings (SSSR count). The van der Waals surface area contributed by atoms with E-state index in [-0.39, 0.29) is 6.04 Å². The van der Waals surface area contributed by atoms with Gasteiger partial charge in [0, 0.05) is 0 Å². The van der Waals surface area contributed by atoms with Crippen molar-refractivity contribution in [2.24, 2.45) is 0 Å². The lowest BCUT2D eigenvalue weighted by Crippen LogP contribution is -2.27. The van der Waals surface area contributed by atoms with Crippen molar-refractivity contribution in [2.45, 2.75) is 32.4 Å². The number of hydrogen-bond acceptors (Lipinski definition) is 3. The van der Waals surface area contributed by atoms with Gasteiger partial charge in [-0.3, -0.25) is 0 Å². The Morgan fingerprint density at radius 2 is 2.19 bits per heavy atom. The molecule has 2 aromatic rings. The molecule has 0 bridgehead atoms. The van der Waals surface area contributed by atoms with E-state index in [0.29, 0.717) is 5.69 Å². The highest BCUT2D eigenvalue weighted by Crippen LogP contribution is 2.21. The molecule has 1 atom stereocenters. The summed E-state index contributed by atoms with van der Waals surface area (Å²) in [6.07, 6.45) is 5.11. The number of ether oxygens (including phenoxy) is 1. The maximum absolute atomic E-state index is 12.3. The molecular weight excluding hydrogens is 264 g/mol. The Morgan fingerprint density at radius 1 is 1.48 bits per heavy atom. The van der Waals surface area contributed by atoms with E-state index < -0.39 is 11.6 Å². The molecule has 4 heteroatoms. The molecule has 21 heavy (non-hydrogen) atoms. The van der Waals surface area contributed by atoms with Crippen LogP contribution >= 0.6 is 0 Å². The second kappa shape index (κ2) is 5.84. The van der Waals surface area contributed by atoms with Crippen LogP contribution in [0.25, 0.3) is 0 Å². The maximum Gasteiger partial charge on any atom is 0.358 e. The first-order valence-electron chi connectivity index (χ1n) is 7.18. The molecule has 0 spiro atoms. The van der Waals surface area contributed by atoms with E-state index >= 15 is 0 Å². The summed E-state index contributed by atoms with van der Waals surface area (Å²) in [4.78, 5) is 16.4. The van der Waals surface area contributed by atoms with Crippen LogP contribution in [-0.4, -0.2) is 21.1 Å². The fourth-order valence-corrected chi connectivity index (χ4v) is 1.97. The molecule has 0 aliphatic rings. The topological polar surface area (TPSA) is 44.1 Å². The zero-order valence-corrected chi connectivity index (χ0v) is 12.3. The normalized spacial score (nSPS) is 12.8. The molecule has 108 valence electrons. The average molecular weight is 283 g/mol. The molecule has 1 aromatic heterocycles. The van der Waals surface area contributed by atoms with E-state index in [0.717, 1.165) is 5.56 Å². The second-order valence-corrected chi connectivity index (χ2v) is 5.30. The third kappa shape index (κ3) is 3.32. The Morgan fingerprint density at radius 3 is 2.86 bits per heavy atom. The van der Waals surface area contributed by atoms with Crippen molar-refractivity contribution >= 4 is 5.97 Å². The summed E-state index contributed by atoms with van der Waals surface area (Å²) in [5.41, 5.74) is 0.417. The van der Waals surface area contributed by atoms with Crippen LogP contribution in [0.4, 0.5) is 0 Å². The van der Waals surface area contributed by atoms with E-state index in [2.05, 4.69) is 10.9 Å². The van der Waals surface area contributed by atoms with Crippen LogP contribution in [0.1, 0.15) is 44.2 Å². The van der Waals surface area contributed by atoms with Gasteiger partial charge < -0.3 is 9.30 Å². The molecule has 1 heterocycles. The van der Waals surface area contributed by atoms with Gasteiger partial charge in [-0.15, -0.1) is 6.40 Å². The molecule has 0 saturated carbocycles. The minimum atomic E-state index is -1.01. The zero-order chi connectivity index (χ0) is 16.2. The fourth-order valence-electron chi connectivity index (χ4n) is 1.97. The molecule has 0 saturated heterocycles. The highest BCUT2D eigenvalue weighted by atomic mass is 16.6. The molecular formula is C17H18N2O2. The Kier molecular flexibility index (Phi) is 3.74. The first-order valence-corrected chi connectivity index (χ1v) is 6.68. The van der Waals surface area contributed by atoms with Gasteiger partial charge in [-0.2, -0.15) is 0 Å². The minimum absolute atomic E-state index is 0.0448. The van der Waals surface area contributed by atoms with Gasteiger partial charge in [0.05, 0.1) is 18.6 Å². The third-order valence-corrected chi connectivity index (χ3v) is 3.22. The fraction of sp³-hybridized carbons (Fsp3) is 0.294. The highest BCUT2D eigenvalue weighted by molar-refractivity contribution is 5.88. The van der Waals surface area contributed by atoms with E-state index in [1.54, 1.807) is 24.7 Å². The number of aromatic nitrogens is 2. The first-order chi connectivity index (χ1) is 10.4. The van der Waals surface area contributed by atoms with E-state index in [4.69, 9.17) is 6.11 Å². The lowest BCUT2D eigenvalue weighted by molar-refractivity contribution is 0.0191. The molecule has 0 radical (unpaired) electrons. The number of nitrogens with zero attached hydrogens (tertiary/aromatic N) is 2. The smallest absolute Gasteiger partial charge is 0.358 e. The predicted octanol–water partition coefficient (Wildman–Crippen LogP) is 3.06. The number of hydrogen-bond donors (Lipinski definition) is 0. The number of imidazole rings is 1. The van der Waals surface area contributed by atoms with E-state index in [1.807, 2.05) is 43.7 Å². The minimum Gasteiger partial charge on any atom is -0.442 e. The molecule has 4 nitrogen and oxygen atoms in total. The van der Waals surface area contributed by atoms with Crippen LogP contribution in [0.5, 0.6) is 0 Å². The van der Waals surface area contributed by atoms with Gasteiger partial charge in [0.15, 0.2) is 5.60 Å². The summed E-state index contributed by atoms with van der Waals surface area (Å²) < 4.78 is 14.1. The van der Waals surface area contributed by atoms with Crippen molar-refractivity contribution in [2.75, 3.05) is 0 Å². The van der Waals surface area contributed by atoms with Gasteiger partial charge in [0.2, 0.25) is 0 Å². The number of esters is 1. The number of terminal acetylenes is 1. The highest BCUT2D eigenvalue weighted by Gasteiger charge is 2.24. The Hall–Kier alpha value is -2.54. The standard InChI is InChI=1S/C17H18N2O2/c1-5-17(3,4)21-16(20)15-11-18-12-19(15)13(2)14-9-7-6-8-10-14/h1,6-13H,2-4H3/t13-/m1/s1/i1D. The molecule has 1 aromatic carbocycles. The quantitative estimate of drug-likeness (QED) is 0.640. The van der Waals surface area contributed by atoms with Crippen molar-refractivity contribution in [3.8, 4) is 12.3 Å². The van der Waals surface area contributed by atoms with Crippen molar-refractivity contribution in [3.63, 3.8) is 0 Å². The van der Waals surface area contributed by atoms with Gasteiger partial charge in [0.25, 0.3) is 0 Å².